The summed E-state index contributed by atoms with van der Waals surface area (Å²) >= 11 is 0. The molecule has 0 radical (unpaired) electrons. The van der Waals surface area contributed by atoms with Gasteiger partial charge in [-0.2, -0.15) is 0 Å². The Labute approximate surface area is 80.0 Å². The molecule has 0 aromatic carbocycles. The monoisotopic (exact) mass is 182 g/mol. The van der Waals surface area contributed by atoms with Crippen molar-refractivity contribution >= 4 is 11.6 Å². The van der Waals surface area contributed by atoms with Crippen LogP contribution in [0.15, 0.2) is 12.2 Å². The molecule has 0 saturated carbocycles. The molecule has 2 heteroatoms. The summed E-state index contributed by atoms with van der Waals surface area (Å²) in [6, 6.07) is 0. The number of hydrogen-bond acceptors (Lipinski definition) is 2. The second-order valence-electron chi connectivity index (χ2n) is 3.55. The summed E-state index contributed by atoms with van der Waals surface area (Å²) in [5, 5.41) is 0. The van der Waals surface area contributed by atoms with Crippen LogP contribution in [0.4, 0.5) is 0 Å². The molecule has 0 aliphatic rings. The van der Waals surface area contributed by atoms with Crippen molar-refractivity contribution in [1.29, 1.82) is 0 Å². The van der Waals surface area contributed by atoms with E-state index in [1.54, 1.807) is 13.0 Å². The highest BCUT2D eigenvalue weighted by molar-refractivity contribution is 5.91. The van der Waals surface area contributed by atoms with Crippen molar-refractivity contribution in [3.63, 3.8) is 0 Å². The number of Topliss-reactive ketones (excluding diaryl/α,β-unsaturated/α-hetero) is 1. The first-order valence-corrected chi connectivity index (χ1v) is 4.74. The maximum absolute atomic E-state index is 11.1. The molecule has 0 unspecified atom stereocenters. The van der Waals surface area contributed by atoms with Crippen molar-refractivity contribution in [3.05, 3.63) is 12.2 Å². The number of hydrogen-bond donors (Lipinski definition) is 0. The summed E-state index contributed by atoms with van der Waals surface area (Å²) in [5.41, 5.74) is 0. The van der Waals surface area contributed by atoms with Crippen LogP contribution in [0.1, 0.15) is 40.0 Å². The first-order chi connectivity index (χ1) is 6.04. The van der Waals surface area contributed by atoms with Gasteiger partial charge in [0.25, 0.3) is 0 Å². The highest BCUT2D eigenvalue weighted by Crippen LogP contribution is 2.00. The third-order valence-electron chi connectivity index (χ3n) is 1.75. The first-order valence-electron chi connectivity index (χ1n) is 4.74. The second-order valence-corrected chi connectivity index (χ2v) is 3.55. The molecule has 0 bridgehead atoms. The largest absolute Gasteiger partial charge is 0.300 e. The van der Waals surface area contributed by atoms with Gasteiger partial charge in [0.1, 0.15) is 5.78 Å². The van der Waals surface area contributed by atoms with E-state index in [1.165, 1.54) is 0 Å². The van der Waals surface area contributed by atoms with Gasteiger partial charge in [-0.25, -0.2) is 0 Å². The van der Waals surface area contributed by atoms with Crippen LogP contribution in [0.2, 0.25) is 0 Å². The lowest BCUT2D eigenvalue weighted by Gasteiger charge is -1.96. The molecule has 0 atom stereocenters. The molecule has 0 aromatic rings. The van der Waals surface area contributed by atoms with E-state index in [9.17, 15) is 9.59 Å². The molecular formula is C11H18O2. The fourth-order valence-corrected chi connectivity index (χ4v) is 0.861. The van der Waals surface area contributed by atoms with E-state index in [1.807, 2.05) is 19.9 Å². The summed E-state index contributed by atoms with van der Waals surface area (Å²) in [6.07, 6.45) is 5.74. The lowest BCUT2D eigenvalue weighted by atomic mass is 10.1. The van der Waals surface area contributed by atoms with E-state index in [4.69, 9.17) is 0 Å². The van der Waals surface area contributed by atoms with Crippen LogP contribution in [0.25, 0.3) is 0 Å². The van der Waals surface area contributed by atoms with Crippen LogP contribution < -0.4 is 0 Å². The summed E-state index contributed by atoms with van der Waals surface area (Å²) < 4.78 is 0. The van der Waals surface area contributed by atoms with Crippen molar-refractivity contribution in [2.24, 2.45) is 5.92 Å². The molecule has 0 fully saturated rings. The lowest BCUT2D eigenvalue weighted by Crippen LogP contribution is -2.01. The third-order valence-corrected chi connectivity index (χ3v) is 1.75. The van der Waals surface area contributed by atoms with Crippen molar-refractivity contribution < 1.29 is 9.59 Å². The van der Waals surface area contributed by atoms with Crippen molar-refractivity contribution in [3.8, 4) is 0 Å². The van der Waals surface area contributed by atoms with Gasteiger partial charge in [-0.05, 0) is 25.8 Å². The van der Waals surface area contributed by atoms with Crippen molar-refractivity contribution in [2.45, 2.75) is 40.0 Å². The predicted molar refractivity (Wildman–Crippen MR) is 53.5 cm³/mol. The molecule has 0 N–H and O–H groups in total. The summed E-state index contributed by atoms with van der Waals surface area (Å²) in [4.78, 5) is 21.6. The van der Waals surface area contributed by atoms with Crippen LogP contribution >= 0.6 is 0 Å². The zero-order valence-electron chi connectivity index (χ0n) is 8.67. The SMILES string of the molecule is CC(=O)CCC/C=C/C(=O)C(C)C. The Kier molecular flexibility index (Phi) is 6.11. The standard InChI is InChI=1S/C11H18O2/c1-9(2)11(13)8-6-4-5-7-10(3)12/h6,8-9H,4-5,7H2,1-3H3/b8-6+. The van der Waals surface area contributed by atoms with Gasteiger partial charge in [0.15, 0.2) is 5.78 Å². The smallest absolute Gasteiger partial charge is 0.157 e. The van der Waals surface area contributed by atoms with E-state index in [2.05, 4.69) is 0 Å². The fraction of sp³-hybridized carbons (Fsp3) is 0.636. The average Bonchev–Trinajstić information content (AvgIpc) is 2.02. The lowest BCUT2D eigenvalue weighted by molar-refractivity contribution is -0.117. The second kappa shape index (κ2) is 6.58. The number of rotatable bonds is 6. The van der Waals surface area contributed by atoms with Crippen LogP contribution in [0.3, 0.4) is 0 Å². The fourth-order valence-electron chi connectivity index (χ4n) is 0.861. The maximum Gasteiger partial charge on any atom is 0.157 e. The Morgan fingerprint density at radius 2 is 1.92 bits per heavy atom. The Balaban J connectivity index is 3.52. The number of ketones is 2. The van der Waals surface area contributed by atoms with Crippen LogP contribution in [0.5, 0.6) is 0 Å². The molecule has 0 saturated heterocycles. The highest BCUT2D eigenvalue weighted by Gasteiger charge is 2.00. The molecule has 0 aliphatic heterocycles. The molecule has 0 rings (SSSR count). The number of carbonyl (C=O) groups excluding carboxylic acids is 2. The van der Waals surface area contributed by atoms with Crippen LogP contribution in [-0.4, -0.2) is 11.6 Å². The Hall–Kier alpha value is -0.920. The molecule has 13 heavy (non-hydrogen) atoms. The minimum atomic E-state index is 0.0732. The Morgan fingerprint density at radius 1 is 1.31 bits per heavy atom. The normalized spacial score (nSPS) is 11.1. The topological polar surface area (TPSA) is 34.1 Å². The quantitative estimate of drug-likeness (QED) is 0.467. The van der Waals surface area contributed by atoms with Gasteiger partial charge in [0.05, 0.1) is 0 Å². The first kappa shape index (κ1) is 12.1. The molecule has 2 nitrogen and oxygen atoms in total. The van der Waals surface area contributed by atoms with Gasteiger partial charge >= 0.3 is 0 Å². The zero-order valence-corrected chi connectivity index (χ0v) is 8.67. The van der Waals surface area contributed by atoms with Gasteiger partial charge in [-0.1, -0.05) is 19.9 Å². The van der Waals surface area contributed by atoms with Gasteiger partial charge in [-0.3, -0.25) is 4.79 Å². The third kappa shape index (κ3) is 7.44. The predicted octanol–water partition coefficient (Wildman–Crippen LogP) is 2.53. The van der Waals surface area contributed by atoms with E-state index in [-0.39, 0.29) is 17.5 Å². The highest BCUT2D eigenvalue weighted by atomic mass is 16.1. The minimum Gasteiger partial charge on any atom is -0.300 e. The zero-order chi connectivity index (χ0) is 10.3. The van der Waals surface area contributed by atoms with Crippen molar-refractivity contribution in [1.82, 2.24) is 0 Å². The van der Waals surface area contributed by atoms with Crippen LogP contribution in [0, 0.1) is 5.92 Å². The van der Waals surface area contributed by atoms with Crippen LogP contribution in [-0.2, 0) is 9.59 Å². The molecule has 0 aromatic heterocycles. The molecular weight excluding hydrogens is 164 g/mol. The molecule has 0 heterocycles. The summed E-state index contributed by atoms with van der Waals surface area (Å²) in [5.74, 6) is 0.440. The number of carbonyl (C=O) groups is 2. The Bertz CT molecular complexity index is 202. The summed E-state index contributed by atoms with van der Waals surface area (Å²) in [7, 11) is 0. The molecule has 0 aliphatic carbocycles. The molecule has 74 valence electrons. The minimum absolute atomic E-state index is 0.0732. The summed E-state index contributed by atoms with van der Waals surface area (Å²) in [6.45, 7) is 5.34. The Morgan fingerprint density at radius 3 is 2.38 bits per heavy atom. The number of unbranched alkanes of at least 4 members (excludes halogenated alkanes) is 1. The van der Waals surface area contributed by atoms with Gasteiger partial charge in [0, 0.05) is 12.3 Å². The van der Waals surface area contributed by atoms with Gasteiger partial charge in [0.2, 0.25) is 0 Å². The van der Waals surface area contributed by atoms with E-state index in [0.29, 0.717) is 6.42 Å². The van der Waals surface area contributed by atoms with Crippen molar-refractivity contribution in [2.75, 3.05) is 0 Å². The van der Waals surface area contributed by atoms with E-state index < -0.39 is 0 Å². The molecule has 0 spiro atoms. The van der Waals surface area contributed by atoms with E-state index in [0.717, 1.165) is 12.8 Å². The maximum atomic E-state index is 11.1. The van der Waals surface area contributed by atoms with Gasteiger partial charge < -0.3 is 4.79 Å². The van der Waals surface area contributed by atoms with E-state index >= 15 is 0 Å². The van der Waals surface area contributed by atoms with Gasteiger partial charge in [-0.15, -0.1) is 0 Å². The molecule has 0 amide bonds. The average molecular weight is 182 g/mol. The number of allylic oxidation sites excluding steroid dienone is 2.